The Morgan fingerprint density at radius 3 is 2.32 bits per heavy atom. The maximum absolute atomic E-state index is 14.0. The van der Waals surface area contributed by atoms with Gasteiger partial charge in [0.05, 0.1) is 40.2 Å². The lowest BCUT2D eigenvalue weighted by molar-refractivity contribution is -0.135. The summed E-state index contributed by atoms with van der Waals surface area (Å²) >= 11 is 25.0. The highest BCUT2D eigenvalue weighted by Gasteiger charge is 2.75. The summed E-state index contributed by atoms with van der Waals surface area (Å²) in [5, 5.41) is 13.5. The first-order valence-corrected chi connectivity index (χ1v) is 12.0. The summed E-state index contributed by atoms with van der Waals surface area (Å²) < 4.78 is 0. The molecule has 3 fully saturated rings. The average molecular weight is 536 g/mol. The normalized spacial score (nSPS) is 31.6. The van der Waals surface area contributed by atoms with Crippen LogP contribution in [0.5, 0.6) is 0 Å². The van der Waals surface area contributed by atoms with E-state index in [1.54, 1.807) is 6.07 Å². The second-order valence-corrected chi connectivity index (χ2v) is 10.7. The zero-order valence-electron chi connectivity index (χ0n) is 17.2. The van der Waals surface area contributed by atoms with Crippen LogP contribution in [0.25, 0.3) is 0 Å². The van der Waals surface area contributed by atoms with Crippen molar-refractivity contribution in [3.05, 3.63) is 56.0 Å². The van der Waals surface area contributed by atoms with E-state index < -0.39 is 47.1 Å². The molecule has 4 heterocycles. The number of anilines is 2. The molecule has 0 bridgehead atoms. The largest absolute Gasteiger partial charge is 0.323 e. The number of carbonyl (C=O) groups excluding carboxylic acids is 3. The minimum absolute atomic E-state index is 0.235. The Labute approximate surface area is 214 Å². The van der Waals surface area contributed by atoms with Crippen LogP contribution in [0.1, 0.15) is 12.0 Å². The quantitative estimate of drug-likeness (QED) is 0.543. The van der Waals surface area contributed by atoms with E-state index in [0.717, 1.165) is 4.90 Å². The number of benzene rings is 2. The van der Waals surface area contributed by atoms with Crippen molar-refractivity contribution in [2.45, 2.75) is 18.0 Å². The van der Waals surface area contributed by atoms with Gasteiger partial charge < -0.3 is 5.32 Å². The van der Waals surface area contributed by atoms with Crippen LogP contribution >= 0.6 is 46.4 Å². The summed E-state index contributed by atoms with van der Waals surface area (Å²) in [6.45, 7) is 0.245. The summed E-state index contributed by atoms with van der Waals surface area (Å²) in [4.78, 5) is 44.4. The predicted molar refractivity (Wildman–Crippen MR) is 127 cm³/mol. The molecule has 0 saturated carbocycles. The maximum Gasteiger partial charge on any atom is 0.250 e. The van der Waals surface area contributed by atoms with Crippen molar-refractivity contribution in [3.63, 3.8) is 0 Å². The van der Waals surface area contributed by atoms with E-state index in [4.69, 9.17) is 46.4 Å². The fraction of sp³-hybridized carbons (Fsp3) is 0.304. The molecule has 3 saturated heterocycles. The van der Waals surface area contributed by atoms with Gasteiger partial charge in [-0.1, -0.05) is 46.4 Å². The number of imide groups is 1. The third-order valence-corrected chi connectivity index (χ3v) is 8.30. The Morgan fingerprint density at radius 1 is 0.971 bits per heavy atom. The Balaban J connectivity index is 1.59. The second-order valence-electron chi connectivity index (χ2n) is 8.96. The van der Waals surface area contributed by atoms with Crippen LogP contribution in [0.2, 0.25) is 20.1 Å². The number of rotatable bonds is 1. The number of hydrogen-bond acceptors (Lipinski definition) is 5. The van der Waals surface area contributed by atoms with Gasteiger partial charge in [-0.15, -0.1) is 0 Å². The molecule has 0 aromatic heterocycles. The van der Waals surface area contributed by atoms with Crippen molar-refractivity contribution in [1.29, 1.82) is 5.26 Å². The topological polar surface area (TPSA) is 93.5 Å². The van der Waals surface area contributed by atoms with Gasteiger partial charge in [0.2, 0.25) is 11.8 Å². The van der Waals surface area contributed by atoms with E-state index >= 15 is 0 Å². The molecular formula is C23H14Cl4N4O3. The smallest absolute Gasteiger partial charge is 0.250 e. The van der Waals surface area contributed by atoms with Crippen LogP contribution in [0.4, 0.5) is 11.4 Å². The first kappa shape index (κ1) is 22.1. The van der Waals surface area contributed by atoms with Crippen LogP contribution in [-0.4, -0.2) is 35.2 Å². The average Bonchev–Trinajstić information content (AvgIpc) is 3.44. The number of nitrogens with one attached hydrogen (secondary N) is 1. The van der Waals surface area contributed by atoms with Crippen LogP contribution in [0, 0.1) is 29.1 Å². The molecule has 7 nitrogen and oxygen atoms in total. The highest BCUT2D eigenvalue weighted by Crippen LogP contribution is 2.62. The summed E-state index contributed by atoms with van der Waals surface area (Å²) in [5.41, 5.74) is -0.478. The zero-order chi connectivity index (χ0) is 24.1. The molecule has 0 aliphatic carbocycles. The summed E-state index contributed by atoms with van der Waals surface area (Å²) in [5.74, 6) is -3.71. The van der Waals surface area contributed by atoms with Crippen molar-refractivity contribution >= 4 is 75.5 Å². The number of carbonyl (C=O) groups is 3. The molecule has 6 rings (SSSR count). The first-order chi connectivity index (χ1) is 16.2. The molecule has 1 spiro atoms. The molecular weight excluding hydrogens is 522 g/mol. The van der Waals surface area contributed by atoms with Crippen LogP contribution in [0.3, 0.4) is 0 Å². The van der Waals surface area contributed by atoms with Gasteiger partial charge >= 0.3 is 0 Å². The van der Waals surface area contributed by atoms with Gasteiger partial charge in [0, 0.05) is 33.2 Å². The van der Waals surface area contributed by atoms with Gasteiger partial charge in [-0.25, -0.2) is 4.90 Å². The molecule has 2 aromatic rings. The molecule has 4 aliphatic rings. The monoisotopic (exact) mass is 534 g/mol. The van der Waals surface area contributed by atoms with E-state index in [1.807, 2.05) is 4.90 Å². The molecule has 1 N–H and O–H groups in total. The lowest BCUT2D eigenvalue weighted by atomic mass is 9.75. The molecule has 5 atom stereocenters. The SMILES string of the molecule is N#C[C@H]1CC2C3C(=O)N(c4cc(Cl)cc(Cl)c4)C(=O)C3C3(C(=O)Nc4c(Cl)cc(Cl)cc43)N2C1. The third-order valence-electron chi connectivity index (χ3n) is 7.35. The van der Waals surface area contributed by atoms with Gasteiger partial charge in [0.15, 0.2) is 0 Å². The Morgan fingerprint density at radius 2 is 1.65 bits per heavy atom. The Hall–Kier alpha value is -2.34. The minimum atomic E-state index is -1.52. The number of halogens is 4. The van der Waals surface area contributed by atoms with E-state index in [-0.39, 0.29) is 27.3 Å². The van der Waals surface area contributed by atoms with Crippen molar-refractivity contribution in [2.24, 2.45) is 17.8 Å². The predicted octanol–water partition coefficient (Wildman–Crippen LogP) is 4.48. The standard InChI is InChI=1S/C23H14Cl4N4O3/c24-10-2-11(25)4-13(3-10)31-20(32)17-16-1-9(7-28)8-30(16)23(18(17)21(31)33)14-5-12(26)6-15(27)19(14)29-22(23)34/h2-6,9,16-18H,1,8H2,(H,29,34)/t9-,16?,17?,18?,23?/m1/s1. The number of fused-ring (bicyclic) bond motifs is 7. The fourth-order valence-corrected chi connectivity index (χ4v) is 7.31. The van der Waals surface area contributed by atoms with E-state index in [1.165, 1.54) is 24.3 Å². The maximum atomic E-state index is 14.0. The molecule has 4 aliphatic heterocycles. The molecule has 0 radical (unpaired) electrons. The van der Waals surface area contributed by atoms with Gasteiger partial charge in [-0.2, -0.15) is 5.26 Å². The van der Waals surface area contributed by atoms with Crippen LogP contribution < -0.4 is 10.2 Å². The van der Waals surface area contributed by atoms with Crippen molar-refractivity contribution in [3.8, 4) is 6.07 Å². The van der Waals surface area contributed by atoms with Crippen molar-refractivity contribution in [2.75, 3.05) is 16.8 Å². The molecule has 172 valence electrons. The highest BCUT2D eigenvalue weighted by molar-refractivity contribution is 6.38. The Kier molecular flexibility index (Phi) is 4.77. The molecule has 11 heteroatoms. The van der Waals surface area contributed by atoms with Gasteiger partial charge in [-0.05, 0) is 36.8 Å². The summed E-state index contributed by atoms with van der Waals surface area (Å²) in [6.07, 6.45) is 0.361. The van der Waals surface area contributed by atoms with Crippen LogP contribution in [-0.2, 0) is 19.9 Å². The van der Waals surface area contributed by atoms with Crippen molar-refractivity contribution in [1.82, 2.24) is 4.90 Å². The number of amides is 3. The minimum Gasteiger partial charge on any atom is -0.323 e. The number of nitriles is 1. The van der Waals surface area contributed by atoms with E-state index in [2.05, 4.69) is 11.4 Å². The van der Waals surface area contributed by atoms with E-state index in [9.17, 15) is 19.6 Å². The number of nitrogens with zero attached hydrogens (tertiary/aromatic N) is 3. The van der Waals surface area contributed by atoms with Gasteiger partial charge in [0.25, 0.3) is 5.91 Å². The molecule has 2 aromatic carbocycles. The lowest BCUT2D eigenvalue weighted by Gasteiger charge is -2.36. The third kappa shape index (κ3) is 2.66. The summed E-state index contributed by atoms with van der Waals surface area (Å²) in [6, 6.07) is 9.35. The Bertz CT molecular complexity index is 1350. The lowest BCUT2D eigenvalue weighted by Crippen LogP contribution is -2.54. The van der Waals surface area contributed by atoms with Crippen molar-refractivity contribution < 1.29 is 14.4 Å². The molecule has 3 amide bonds. The highest BCUT2D eigenvalue weighted by atomic mass is 35.5. The summed E-state index contributed by atoms with van der Waals surface area (Å²) in [7, 11) is 0. The first-order valence-electron chi connectivity index (χ1n) is 10.5. The van der Waals surface area contributed by atoms with E-state index in [0.29, 0.717) is 22.7 Å². The van der Waals surface area contributed by atoms with Gasteiger partial charge in [0.1, 0.15) is 5.54 Å². The van der Waals surface area contributed by atoms with Gasteiger partial charge in [-0.3, -0.25) is 19.3 Å². The fourth-order valence-electron chi connectivity index (χ4n) is 6.25. The number of hydrogen-bond donors (Lipinski definition) is 1. The second kappa shape index (κ2) is 7.33. The van der Waals surface area contributed by atoms with Crippen LogP contribution in [0.15, 0.2) is 30.3 Å². The zero-order valence-corrected chi connectivity index (χ0v) is 20.2. The molecule has 34 heavy (non-hydrogen) atoms. The molecule has 4 unspecified atom stereocenters.